The van der Waals surface area contributed by atoms with Crippen molar-refractivity contribution in [2.45, 2.75) is 156 Å². The third-order valence-electron chi connectivity index (χ3n) is 7.15. The van der Waals surface area contributed by atoms with E-state index in [4.69, 9.17) is 0 Å². The van der Waals surface area contributed by atoms with Crippen molar-refractivity contribution in [2.75, 3.05) is 0 Å². The quantitative estimate of drug-likeness (QED) is 0.417. The van der Waals surface area contributed by atoms with Crippen molar-refractivity contribution in [3.8, 4) is 0 Å². The van der Waals surface area contributed by atoms with Crippen LogP contribution in [0.4, 0.5) is 0 Å². The molecule has 1 fully saturated rings. The van der Waals surface area contributed by atoms with E-state index in [1.54, 1.807) is 0 Å². The molecule has 0 aliphatic heterocycles. The van der Waals surface area contributed by atoms with Gasteiger partial charge in [-0.05, 0) is 24.2 Å². The molecule has 0 aromatic rings. The first kappa shape index (κ1) is 25.0. The highest BCUT2D eigenvalue weighted by atomic mass is 14.2. The van der Waals surface area contributed by atoms with Crippen molar-refractivity contribution in [2.24, 2.45) is 17.8 Å². The topological polar surface area (TPSA) is 0 Å². The van der Waals surface area contributed by atoms with Crippen molar-refractivity contribution >= 4 is 0 Å². The molecule has 0 aromatic heterocycles. The third kappa shape index (κ3) is 15.6. The summed E-state index contributed by atoms with van der Waals surface area (Å²) in [6.45, 7) is 7.37. The molecule has 1 aliphatic rings. The average Bonchev–Trinajstić information content (AvgIpc) is 2.65. The average molecular weight is 379 g/mol. The Morgan fingerprint density at radius 2 is 1.00 bits per heavy atom. The lowest BCUT2D eigenvalue weighted by Gasteiger charge is -2.21. The van der Waals surface area contributed by atoms with Crippen molar-refractivity contribution in [3.05, 3.63) is 0 Å². The molecule has 27 heavy (non-hydrogen) atoms. The smallest absolute Gasteiger partial charge is 0.0412 e. The van der Waals surface area contributed by atoms with E-state index in [1.807, 2.05) is 0 Å². The first-order valence-corrected chi connectivity index (χ1v) is 13.2. The summed E-state index contributed by atoms with van der Waals surface area (Å²) >= 11 is 0. The molecule has 0 N–H and O–H groups in total. The van der Waals surface area contributed by atoms with Gasteiger partial charge >= 0.3 is 0 Å². The normalized spacial score (nSPS) is 28.8. The van der Waals surface area contributed by atoms with E-state index in [0.29, 0.717) is 0 Å². The molecule has 0 saturated heterocycles. The maximum absolute atomic E-state index is 2.55. The van der Waals surface area contributed by atoms with Gasteiger partial charge in [-0.2, -0.15) is 0 Å². The van der Waals surface area contributed by atoms with Crippen molar-refractivity contribution in [3.63, 3.8) is 0 Å². The van der Waals surface area contributed by atoms with Gasteiger partial charge < -0.3 is 0 Å². The van der Waals surface area contributed by atoms with Gasteiger partial charge in [-0.1, -0.05) is 149 Å². The van der Waals surface area contributed by atoms with Crippen LogP contribution in [0.1, 0.15) is 156 Å². The van der Waals surface area contributed by atoms with E-state index in [2.05, 4.69) is 20.8 Å². The summed E-state index contributed by atoms with van der Waals surface area (Å²) in [5, 5.41) is 0. The second-order valence-corrected chi connectivity index (χ2v) is 10.2. The van der Waals surface area contributed by atoms with E-state index >= 15 is 0 Å². The van der Waals surface area contributed by atoms with Crippen LogP contribution < -0.4 is 0 Å². The minimum atomic E-state index is 0.959. The predicted molar refractivity (Wildman–Crippen MR) is 124 cm³/mol. The highest BCUT2D eigenvalue weighted by molar-refractivity contribution is 4.66. The van der Waals surface area contributed by atoms with Gasteiger partial charge in [0.25, 0.3) is 0 Å². The summed E-state index contributed by atoms with van der Waals surface area (Å²) < 4.78 is 0. The molecule has 3 unspecified atom stereocenters. The summed E-state index contributed by atoms with van der Waals surface area (Å²) in [7, 11) is 0. The standard InChI is InChI=1S/C27H54/c1-4-5-6-17-22-27-23-18-12-10-8-7-9-11-14-19-25(2)20-15-13-16-21-26(3)24-27/h25-27H,4-24H2,1-3H3. The second-order valence-electron chi connectivity index (χ2n) is 10.2. The van der Waals surface area contributed by atoms with Gasteiger partial charge in [0.2, 0.25) is 0 Å². The Hall–Kier alpha value is 0. The van der Waals surface area contributed by atoms with Crippen molar-refractivity contribution < 1.29 is 0 Å². The SMILES string of the molecule is CCCCCCC1CCCCCCCCCCC(C)CCCCCC(C)C1. The summed E-state index contributed by atoms with van der Waals surface area (Å²) in [6.07, 6.45) is 31.2. The first-order chi connectivity index (χ1) is 13.2. The zero-order valence-electron chi connectivity index (χ0n) is 19.6. The Balaban J connectivity index is 2.37. The fourth-order valence-electron chi connectivity index (χ4n) is 5.22. The Labute approximate surface area is 173 Å². The highest BCUT2D eigenvalue weighted by Crippen LogP contribution is 2.28. The van der Waals surface area contributed by atoms with E-state index in [0.717, 1.165) is 17.8 Å². The monoisotopic (exact) mass is 378 g/mol. The van der Waals surface area contributed by atoms with Crippen LogP contribution in [0.5, 0.6) is 0 Å². The van der Waals surface area contributed by atoms with Crippen molar-refractivity contribution in [1.82, 2.24) is 0 Å². The van der Waals surface area contributed by atoms with Crippen LogP contribution >= 0.6 is 0 Å². The molecular weight excluding hydrogens is 324 g/mol. The lowest BCUT2D eigenvalue weighted by atomic mass is 9.85. The van der Waals surface area contributed by atoms with Gasteiger partial charge in [0, 0.05) is 0 Å². The summed E-state index contributed by atoms with van der Waals surface area (Å²) in [5.74, 6) is 2.96. The van der Waals surface area contributed by atoms with Crippen LogP contribution in [0.15, 0.2) is 0 Å². The summed E-state index contributed by atoms with van der Waals surface area (Å²) in [5.41, 5.74) is 0. The zero-order chi connectivity index (χ0) is 19.6. The number of hydrogen-bond acceptors (Lipinski definition) is 0. The molecule has 0 nitrogen and oxygen atoms in total. The number of hydrogen-bond donors (Lipinski definition) is 0. The molecule has 0 heteroatoms. The number of rotatable bonds is 5. The molecule has 1 saturated carbocycles. The third-order valence-corrected chi connectivity index (χ3v) is 7.15. The largest absolute Gasteiger partial charge is 0.0654 e. The van der Waals surface area contributed by atoms with Gasteiger partial charge in [0.15, 0.2) is 0 Å². The minimum absolute atomic E-state index is 0.959. The molecule has 0 amide bonds. The minimum Gasteiger partial charge on any atom is -0.0654 e. The molecule has 0 radical (unpaired) electrons. The second kappa shape index (κ2) is 18.1. The molecule has 0 heterocycles. The van der Waals surface area contributed by atoms with Gasteiger partial charge in [0.1, 0.15) is 0 Å². The summed E-state index contributed by atoms with van der Waals surface area (Å²) in [4.78, 5) is 0. The predicted octanol–water partition coefficient (Wildman–Crippen LogP) is 10.1. The lowest BCUT2D eigenvalue weighted by Crippen LogP contribution is -2.08. The first-order valence-electron chi connectivity index (χ1n) is 13.2. The van der Waals surface area contributed by atoms with Crippen LogP contribution in [0, 0.1) is 17.8 Å². The van der Waals surface area contributed by atoms with E-state index in [9.17, 15) is 0 Å². The molecule has 1 rings (SSSR count). The molecule has 0 aromatic carbocycles. The molecule has 3 atom stereocenters. The van der Waals surface area contributed by atoms with Gasteiger partial charge in [-0.15, -0.1) is 0 Å². The maximum Gasteiger partial charge on any atom is -0.0412 e. The van der Waals surface area contributed by atoms with Crippen LogP contribution in [0.3, 0.4) is 0 Å². The van der Waals surface area contributed by atoms with Gasteiger partial charge in [-0.25, -0.2) is 0 Å². The fourth-order valence-corrected chi connectivity index (χ4v) is 5.22. The molecular formula is C27H54. The highest BCUT2D eigenvalue weighted by Gasteiger charge is 2.13. The molecule has 0 bridgehead atoms. The van der Waals surface area contributed by atoms with Gasteiger partial charge in [0.05, 0.1) is 0 Å². The summed E-state index contributed by atoms with van der Waals surface area (Å²) in [6, 6.07) is 0. The molecule has 0 spiro atoms. The zero-order valence-corrected chi connectivity index (χ0v) is 19.6. The number of unbranched alkanes of at least 4 members (excludes halogenated alkanes) is 3. The van der Waals surface area contributed by atoms with Crippen molar-refractivity contribution in [1.29, 1.82) is 0 Å². The fraction of sp³-hybridized carbons (Fsp3) is 1.00. The maximum atomic E-state index is 2.55. The van der Waals surface area contributed by atoms with E-state index < -0.39 is 0 Å². The van der Waals surface area contributed by atoms with E-state index in [-0.39, 0.29) is 0 Å². The van der Waals surface area contributed by atoms with Crippen LogP contribution in [0.2, 0.25) is 0 Å². The Morgan fingerprint density at radius 1 is 0.519 bits per heavy atom. The van der Waals surface area contributed by atoms with E-state index in [1.165, 1.54) is 135 Å². The van der Waals surface area contributed by atoms with Crippen LogP contribution in [0.25, 0.3) is 0 Å². The Kier molecular flexibility index (Phi) is 16.7. The lowest BCUT2D eigenvalue weighted by molar-refractivity contribution is 0.312. The Bertz CT molecular complexity index is 294. The van der Waals surface area contributed by atoms with Crippen LogP contribution in [-0.4, -0.2) is 0 Å². The Morgan fingerprint density at radius 3 is 1.59 bits per heavy atom. The van der Waals surface area contributed by atoms with Gasteiger partial charge in [-0.3, -0.25) is 0 Å². The molecule has 1 aliphatic carbocycles. The van der Waals surface area contributed by atoms with Crippen LogP contribution in [-0.2, 0) is 0 Å². The molecule has 162 valence electrons.